The molecule has 3 N–H and O–H groups in total. The molecule has 92 valence electrons. The Balaban J connectivity index is 2.27. The van der Waals surface area contributed by atoms with E-state index < -0.39 is 11.7 Å². The summed E-state index contributed by atoms with van der Waals surface area (Å²) in [5.74, 6) is -0.920. The maximum Gasteiger partial charge on any atom is 0.256 e. The SMILES string of the molecule is Nc1ccc(F)c(NC(=O)c2ccccc2Br)c1. The minimum Gasteiger partial charge on any atom is -0.399 e. The van der Waals surface area contributed by atoms with Gasteiger partial charge in [0.1, 0.15) is 5.82 Å². The number of nitrogens with one attached hydrogen (secondary N) is 1. The van der Waals surface area contributed by atoms with Gasteiger partial charge in [0.25, 0.3) is 5.91 Å². The number of hydrogen-bond donors (Lipinski definition) is 2. The van der Waals surface area contributed by atoms with Gasteiger partial charge in [-0.15, -0.1) is 0 Å². The number of halogens is 2. The molecule has 0 unspecified atom stereocenters. The van der Waals surface area contributed by atoms with Crippen LogP contribution in [-0.2, 0) is 0 Å². The van der Waals surface area contributed by atoms with E-state index in [0.717, 1.165) is 0 Å². The number of benzene rings is 2. The molecule has 0 aliphatic rings. The average Bonchev–Trinajstić information content (AvgIpc) is 2.34. The van der Waals surface area contributed by atoms with Crippen LogP contribution in [0, 0.1) is 5.82 Å². The lowest BCUT2D eigenvalue weighted by atomic mass is 10.2. The Labute approximate surface area is 112 Å². The van der Waals surface area contributed by atoms with Crippen LogP contribution in [0.2, 0.25) is 0 Å². The van der Waals surface area contributed by atoms with Crippen molar-refractivity contribution in [1.82, 2.24) is 0 Å². The number of rotatable bonds is 2. The van der Waals surface area contributed by atoms with Crippen LogP contribution in [0.5, 0.6) is 0 Å². The fourth-order valence-corrected chi connectivity index (χ4v) is 1.94. The van der Waals surface area contributed by atoms with Gasteiger partial charge in [-0.25, -0.2) is 4.39 Å². The molecule has 0 saturated carbocycles. The Morgan fingerprint density at radius 3 is 2.67 bits per heavy atom. The molecule has 2 aromatic carbocycles. The first kappa shape index (κ1) is 12.6. The number of carbonyl (C=O) groups excluding carboxylic acids is 1. The van der Waals surface area contributed by atoms with Crippen LogP contribution in [0.3, 0.4) is 0 Å². The van der Waals surface area contributed by atoms with E-state index in [1.807, 2.05) is 0 Å². The number of anilines is 2. The average molecular weight is 309 g/mol. The van der Waals surface area contributed by atoms with Crippen LogP contribution in [0.1, 0.15) is 10.4 Å². The highest BCUT2D eigenvalue weighted by molar-refractivity contribution is 9.10. The van der Waals surface area contributed by atoms with Crippen molar-refractivity contribution in [3.05, 3.63) is 58.3 Å². The van der Waals surface area contributed by atoms with E-state index in [-0.39, 0.29) is 5.69 Å². The summed E-state index contributed by atoms with van der Waals surface area (Å²) < 4.78 is 14.1. The summed E-state index contributed by atoms with van der Waals surface area (Å²) in [6, 6.07) is 10.9. The number of nitrogen functional groups attached to an aromatic ring is 1. The Bertz CT molecular complexity index is 601. The van der Waals surface area contributed by atoms with Crippen LogP contribution in [0.4, 0.5) is 15.8 Å². The molecule has 18 heavy (non-hydrogen) atoms. The summed E-state index contributed by atoms with van der Waals surface area (Å²) in [5, 5.41) is 2.48. The molecule has 2 aromatic rings. The van der Waals surface area contributed by atoms with E-state index in [4.69, 9.17) is 5.73 Å². The van der Waals surface area contributed by atoms with Crippen LogP contribution < -0.4 is 11.1 Å². The molecule has 0 atom stereocenters. The zero-order valence-corrected chi connectivity index (χ0v) is 10.9. The lowest BCUT2D eigenvalue weighted by molar-refractivity contribution is 0.102. The van der Waals surface area contributed by atoms with Crippen LogP contribution in [0.15, 0.2) is 46.9 Å². The molecule has 0 aliphatic heterocycles. The Morgan fingerprint density at radius 1 is 1.22 bits per heavy atom. The molecule has 0 heterocycles. The van der Waals surface area contributed by atoms with Gasteiger partial charge in [-0.2, -0.15) is 0 Å². The lowest BCUT2D eigenvalue weighted by Crippen LogP contribution is -2.13. The number of nitrogens with two attached hydrogens (primary N) is 1. The van der Waals surface area contributed by atoms with Gasteiger partial charge >= 0.3 is 0 Å². The highest BCUT2D eigenvalue weighted by atomic mass is 79.9. The molecule has 0 aromatic heterocycles. The first-order valence-electron chi connectivity index (χ1n) is 5.19. The molecule has 1 amide bonds. The lowest BCUT2D eigenvalue weighted by Gasteiger charge is -2.08. The number of amides is 1. The maximum absolute atomic E-state index is 13.5. The van der Waals surface area contributed by atoms with Gasteiger partial charge in [-0.1, -0.05) is 12.1 Å². The molecule has 0 fully saturated rings. The van der Waals surface area contributed by atoms with Gasteiger partial charge in [0.2, 0.25) is 0 Å². The van der Waals surface area contributed by atoms with Crippen molar-refractivity contribution in [2.24, 2.45) is 0 Å². The number of hydrogen-bond acceptors (Lipinski definition) is 2. The largest absolute Gasteiger partial charge is 0.399 e. The van der Waals surface area contributed by atoms with Gasteiger partial charge in [-0.3, -0.25) is 4.79 Å². The van der Waals surface area contributed by atoms with Crippen molar-refractivity contribution in [3.63, 3.8) is 0 Å². The second kappa shape index (κ2) is 5.18. The van der Waals surface area contributed by atoms with E-state index in [1.54, 1.807) is 24.3 Å². The maximum atomic E-state index is 13.5. The normalized spacial score (nSPS) is 10.1. The second-order valence-corrected chi connectivity index (χ2v) is 4.53. The van der Waals surface area contributed by atoms with E-state index in [0.29, 0.717) is 15.7 Å². The molecule has 0 aliphatic carbocycles. The molecule has 0 bridgehead atoms. The van der Waals surface area contributed by atoms with Crippen molar-refractivity contribution < 1.29 is 9.18 Å². The topological polar surface area (TPSA) is 55.1 Å². The molecule has 5 heteroatoms. The highest BCUT2D eigenvalue weighted by Gasteiger charge is 2.11. The van der Waals surface area contributed by atoms with Gasteiger partial charge in [0.05, 0.1) is 11.3 Å². The van der Waals surface area contributed by atoms with E-state index >= 15 is 0 Å². The molecule has 0 saturated heterocycles. The van der Waals surface area contributed by atoms with Crippen molar-refractivity contribution in [1.29, 1.82) is 0 Å². The Morgan fingerprint density at radius 2 is 1.94 bits per heavy atom. The summed E-state index contributed by atoms with van der Waals surface area (Å²) in [6.45, 7) is 0. The predicted molar refractivity (Wildman–Crippen MR) is 72.9 cm³/mol. The summed E-state index contributed by atoms with van der Waals surface area (Å²) in [5.41, 5.74) is 6.43. The molecular formula is C13H10BrFN2O. The summed E-state index contributed by atoms with van der Waals surface area (Å²) >= 11 is 3.26. The minimum absolute atomic E-state index is 0.0655. The summed E-state index contributed by atoms with van der Waals surface area (Å²) in [6.07, 6.45) is 0. The number of carbonyl (C=O) groups is 1. The van der Waals surface area contributed by atoms with Gasteiger partial charge in [0, 0.05) is 10.2 Å². The van der Waals surface area contributed by atoms with E-state index in [9.17, 15) is 9.18 Å². The van der Waals surface area contributed by atoms with Crippen molar-refractivity contribution in [2.45, 2.75) is 0 Å². The fraction of sp³-hybridized carbons (Fsp3) is 0. The van der Waals surface area contributed by atoms with Gasteiger partial charge in [0.15, 0.2) is 0 Å². The monoisotopic (exact) mass is 308 g/mol. The van der Waals surface area contributed by atoms with E-state index in [1.165, 1.54) is 18.2 Å². The zero-order chi connectivity index (χ0) is 13.1. The van der Waals surface area contributed by atoms with Crippen molar-refractivity contribution >= 4 is 33.2 Å². The van der Waals surface area contributed by atoms with Crippen LogP contribution in [-0.4, -0.2) is 5.91 Å². The van der Waals surface area contributed by atoms with E-state index in [2.05, 4.69) is 21.2 Å². The molecule has 0 radical (unpaired) electrons. The van der Waals surface area contributed by atoms with Crippen molar-refractivity contribution in [2.75, 3.05) is 11.1 Å². The molecule has 0 spiro atoms. The Hall–Kier alpha value is -1.88. The standard InChI is InChI=1S/C13H10BrFN2O/c14-10-4-2-1-3-9(10)13(18)17-12-7-8(16)5-6-11(12)15/h1-7H,16H2,(H,17,18). The molecule has 2 rings (SSSR count). The minimum atomic E-state index is -0.524. The third-order valence-corrected chi connectivity index (χ3v) is 3.05. The van der Waals surface area contributed by atoms with Crippen LogP contribution >= 0.6 is 15.9 Å². The Kier molecular flexibility index (Phi) is 3.62. The first-order chi connectivity index (χ1) is 8.58. The fourth-order valence-electron chi connectivity index (χ4n) is 1.47. The highest BCUT2D eigenvalue weighted by Crippen LogP contribution is 2.21. The third kappa shape index (κ3) is 2.68. The van der Waals surface area contributed by atoms with Crippen molar-refractivity contribution in [3.8, 4) is 0 Å². The second-order valence-electron chi connectivity index (χ2n) is 3.67. The van der Waals surface area contributed by atoms with Crippen LogP contribution in [0.25, 0.3) is 0 Å². The first-order valence-corrected chi connectivity index (χ1v) is 5.98. The van der Waals surface area contributed by atoms with Gasteiger partial charge < -0.3 is 11.1 Å². The van der Waals surface area contributed by atoms with Gasteiger partial charge in [-0.05, 0) is 46.3 Å². The smallest absolute Gasteiger partial charge is 0.256 e. The predicted octanol–water partition coefficient (Wildman–Crippen LogP) is 3.42. The zero-order valence-electron chi connectivity index (χ0n) is 9.28. The molecular weight excluding hydrogens is 299 g/mol. The molecule has 3 nitrogen and oxygen atoms in total. The third-order valence-electron chi connectivity index (χ3n) is 2.36. The summed E-state index contributed by atoms with van der Waals surface area (Å²) in [4.78, 5) is 11.9. The quantitative estimate of drug-likeness (QED) is 0.835. The summed E-state index contributed by atoms with van der Waals surface area (Å²) in [7, 11) is 0.